The van der Waals surface area contributed by atoms with Crippen LogP contribution in [0.3, 0.4) is 0 Å². The molecule has 5 N–H and O–H groups in total. The Morgan fingerprint density at radius 3 is 2.89 bits per heavy atom. The van der Waals surface area contributed by atoms with Crippen molar-refractivity contribution >= 4 is 17.4 Å². The molecule has 0 spiro atoms. The number of nitrogen functional groups attached to an aromatic ring is 1. The predicted molar refractivity (Wildman–Crippen MR) is 68.1 cm³/mol. The quantitative estimate of drug-likeness (QED) is 0.681. The number of aromatic nitrogens is 2. The molecule has 1 aromatic heterocycles. The number of anilines is 1. The smallest absolute Gasteiger partial charge is 0.272 e. The Kier molecular flexibility index (Phi) is 3.87. The summed E-state index contributed by atoms with van der Waals surface area (Å²) in [5.74, 6) is -4.61. The zero-order valence-corrected chi connectivity index (χ0v) is 10.7. The predicted octanol–water partition coefficient (Wildman–Crippen LogP) is 0.583. The summed E-state index contributed by atoms with van der Waals surface area (Å²) >= 11 is 5.83. The van der Waals surface area contributed by atoms with Crippen LogP contribution in [0.2, 0.25) is 5.15 Å². The van der Waals surface area contributed by atoms with Gasteiger partial charge in [-0.3, -0.25) is 0 Å². The molecule has 1 unspecified atom stereocenters. The molecule has 1 rings (SSSR count). The maximum Gasteiger partial charge on any atom is 0.272 e. The molecule has 0 aromatic carbocycles. The number of rotatable bonds is 7. The van der Waals surface area contributed by atoms with Crippen LogP contribution in [0.1, 0.15) is 17.1 Å². The SMILES string of the molecule is [2H]C([2H])(N)C(F)(F)C([2H])([2H])NC(COC)c1cc(N)nnc1Cl. The molecule has 0 bridgehead atoms. The Morgan fingerprint density at radius 2 is 2.32 bits per heavy atom. The van der Waals surface area contributed by atoms with Crippen molar-refractivity contribution in [1.82, 2.24) is 15.5 Å². The second-order valence-corrected chi connectivity index (χ2v) is 3.87. The van der Waals surface area contributed by atoms with Crippen molar-refractivity contribution in [3.8, 4) is 0 Å². The molecule has 0 aliphatic carbocycles. The first kappa shape index (κ1) is 10.7. The second kappa shape index (κ2) is 6.90. The number of ether oxygens (including phenoxy) is 1. The van der Waals surface area contributed by atoms with Gasteiger partial charge in [0.2, 0.25) is 0 Å². The highest BCUT2D eigenvalue weighted by Crippen LogP contribution is 2.23. The van der Waals surface area contributed by atoms with Gasteiger partial charge in [-0.25, -0.2) is 8.78 Å². The molecule has 1 aromatic rings. The summed E-state index contributed by atoms with van der Waals surface area (Å²) in [6, 6.07) is 0.0191. The number of halogens is 3. The lowest BCUT2D eigenvalue weighted by Gasteiger charge is -2.22. The van der Waals surface area contributed by atoms with Crippen LogP contribution in [0.4, 0.5) is 14.6 Å². The van der Waals surface area contributed by atoms with Crippen LogP contribution in [-0.4, -0.2) is 42.8 Å². The summed E-state index contributed by atoms with van der Waals surface area (Å²) in [6.45, 7) is -7.38. The molecule has 6 nitrogen and oxygen atoms in total. The Balaban J connectivity index is 3.20. The molecule has 0 aliphatic heterocycles. The number of methoxy groups -OCH3 is 1. The highest BCUT2D eigenvalue weighted by molar-refractivity contribution is 6.30. The van der Waals surface area contributed by atoms with E-state index < -0.39 is 25.0 Å². The van der Waals surface area contributed by atoms with Crippen LogP contribution in [0, 0.1) is 0 Å². The Morgan fingerprint density at radius 1 is 1.63 bits per heavy atom. The lowest BCUT2D eigenvalue weighted by Crippen LogP contribution is -2.41. The maximum atomic E-state index is 13.9. The fourth-order valence-electron chi connectivity index (χ4n) is 1.24. The number of alkyl halides is 2. The Hall–Kier alpha value is -1.09. The van der Waals surface area contributed by atoms with E-state index in [0.29, 0.717) is 0 Å². The number of nitrogens with zero attached hydrogens (tertiary/aromatic N) is 2. The summed E-state index contributed by atoms with van der Waals surface area (Å²) in [7, 11) is 1.26. The van der Waals surface area contributed by atoms with Gasteiger partial charge in [0.1, 0.15) is 5.82 Å². The zero-order valence-electron chi connectivity index (χ0n) is 14.0. The summed E-state index contributed by atoms with van der Waals surface area (Å²) in [4.78, 5) is 0. The van der Waals surface area contributed by atoms with E-state index in [0.717, 1.165) is 0 Å². The van der Waals surface area contributed by atoms with E-state index in [1.807, 2.05) is 5.32 Å². The van der Waals surface area contributed by atoms with E-state index >= 15 is 0 Å². The molecule has 0 amide bonds. The minimum atomic E-state index is -4.55. The largest absolute Gasteiger partial charge is 0.383 e. The second-order valence-electron chi connectivity index (χ2n) is 3.51. The zero-order chi connectivity index (χ0) is 18.1. The molecule has 0 saturated heterocycles. The molecular weight excluding hydrogens is 280 g/mol. The van der Waals surface area contributed by atoms with E-state index in [4.69, 9.17) is 33.3 Å². The van der Waals surface area contributed by atoms with Crippen LogP contribution in [0.15, 0.2) is 6.07 Å². The van der Waals surface area contributed by atoms with Gasteiger partial charge in [-0.15, -0.1) is 10.2 Å². The van der Waals surface area contributed by atoms with Gasteiger partial charge < -0.3 is 21.5 Å². The molecule has 0 radical (unpaired) electrons. The number of nitrogens with two attached hydrogens (primary N) is 2. The maximum absolute atomic E-state index is 13.9. The standard InChI is InChI=1S/C10H16ClF2N5O/c1-19-3-7(16-5-10(12,13)4-14)6-2-8(15)17-18-9(6)11/h2,7,16H,3-5,14H2,1H3,(H2,15,17)/i4D2,5D2. The summed E-state index contributed by atoms with van der Waals surface area (Å²) in [5.41, 5.74) is 10.3. The fraction of sp³-hybridized carbons (Fsp3) is 0.600. The van der Waals surface area contributed by atoms with E-state index in [1.165, 1.54) is 13.2 Å². The van der Waals surface area contributed by atoms with Crippen LogP contribution < -0.4 is 16.8 Å². The minimum Gasteiger partial charge on any atom is -0.383 e. The third-order valence-corrected chi connectivity index (χ3v) is 2.38. The van der Waals surface area contributed by atoms with Gasteiger partial charge in [-0.2, -0.15) is 0 Å². The molecule has 0 aliphatic rings. The molecule has 0 fully saturated rings. The van der Waals surface area contributed by atoms with E-state index in [1.54, 1.807) is 0 Å². The van der Waals surface area contributed by atoms with E-state index in [2.05, 4.69) is 10.2 Å². The molecular formula is C10H16ClF2N5O. The van der Waals surface area contributed by atoms with Crippen molar-refractivity contribution in [2.45, 2.75) is 12.0 Å². The number of nitrogens with one attached hydrogen (secondary N) is 1. The molecule has 1 heterocycles. The van der Waals surface area contributed by atoms with Gasteiger partial charge in [-0.05, 0) is 6.07 Å². The molecule has 0 saturated carbocycles. The minimum absolute atomic E-state index is 0.0613. The molecule has 108 valence electrons. The Labute approximate surface area is 120 Å². The highest BCUT2D eigenvalue weighted by atomic mass is 35.5. The van der Waals surface area contributed by atoms with Gasteiger partial charge >= 0.3 is 0 Å². The monoisotopic (exact) mass is 299 g/mol. The van der Waals surface area contributed by atoms with Crippen LogP contribution in [-0.2, 0) is 4.74 Å². The van der Waals surface area contributed by atoms with Gasteiger partial charge in [0.15, 0.2) is 5.15 Å². The summed E-state index contributed by atoms with van der Waals surface area (Å²) in [5, 5.41) is 8.75. The normalized spacial score (nSPS) is 18.2. The van der Waals surface area contributed by atoms with Crippen molar-refractivity contribution in [2.24, 2.45) is 5.73 Å². The first-order valence-electron chi connectivity index (χ1n) is 7.05. The average Bonchev–Trinajstić information content (AvgIpc) is 2.39. The van der Waals surface area contributed by atoms with Crippen LogP contribution in [0.5, 0.6) is 0 Å². The highest BCUT2D eigenvalue weighted by Gasteiger charge is 2.28. The van der Waals surface area contributed by atoms with Gasteiger partial charge in [0.25, 0.3) is 5.92 Å². The summed E-state index contributed by atoms with van der Waals surface area (Å²) < 4.78 is 61.6. The molecule has 9 heteroatoms. The lowest BCUT2D eigenvalue weighted by atomic mass is 10.1. The van der Waals surface area contributed by atoms with Gasteiger partial charge in [-0.1, -0.05) is 11.6 Å². The van der Waals surface area contributed by atoms with Gasteiger partial charge in [0, 0.05) is 18.2 Å². The van der Waals surface area contributed by atoms with Crippen LogP contribution >= 0.6 is 11.6 Å². The fourth-order valence-corrected chi connectivity index (χ4v) is 1.47. The lowest BCUT2D eigenvalue weighted by molar-refractivity contribution is 0.00617. The van der Waals surface area contributed by atoms with Crippen molar-refractivity contribution in [3.63, 3.8) is 0 Å². The number of hydrogen-bond acceptors (Lipinski definition) is 6. The van der Waals surface area contributed by atoms with Crippen LogP contribution in [0.25, 0.3) is 0 Å². The van der Waals surface area contributed by atoms with Crippen molar-refractivity contribution in [1.29, 1.82) is 0 Å². The first-order valence-corrected chi connectivity index (χ1v) is 5.43. The Bertz CT molecular complexity index is 561. The van der Waals surface area contributed by atoms with Crippen molar-refractivity contribution in [2.75, 3.05) is 32.4 Å². The number of hydrogen-bond donors (Lipinski definition) is 3. The van der Waals surface area contributed by atoms with Crippen molar-refractivity contribution in [3.05, 3.63) is 16.8 Å². The van der Waals surface area contributed by atoms with Gasteiger partial charge in [0.05, 0.1) is 25.6 Å². The third-order valence-electron chi connectivity index (χ3n) is 2.09. The van der Waals surface area contributed by atoms with Crippen molar-refractivity contribution < 1.29 is 19.0 Å². The molecule has 1 atom stereocenters. The van der Waals surface area contributed by atoms with E-state index in [-0.39, 0.29) is 23.1 Å². The first-order chi connectivity index (χ1) is 10.3. The van der Waals surface area contributed by atoms with E-state index in [9.17, 15) is 8.78 Å². The average molecular weight is 300 g/mol. The topological polar surface area (TPSA) is 99.1 Å². The summed E-state index contributed by atoms with van der Waals surface area (Å²) in [6.07, 6.45) is 0. The molecule has 19 heavy (non-hydrogen) atoms. The third kappa shape index (κ3) is 4.83.